The zero-order valence-corrected chi connectivity index (χ0v) is 28.0. The van der Waals surface area contributed by atoms with E-state index in [-0.39, 0.29) is 5.41 Å². The number of thiophene rings is 1. The first kappa shape index (κ1) is 28.3. The van der Waals surface area contributed by atoms with Crippen molar-refractivity contribution in [2.45, 2.75) is 30.2 Å². The predicted molar refractivity (Wildman–Crippen MR) is 203 cm³/mol. The molecule has 48 heavy (non-hydrogen) atoms. The van der Waals surface area contributed by atoms with Gasteiger partial charge in [0.1, 0.15) is 0 Å². The minimum absolute atomic E-state index is 0.260. The Hall–Kier alpha value is -4.76. The Bertz CT molecular complexity index is 2380. The van der Waals surface area contributed by atoms with Crippen molar-refractivity contribution in [1.82, 2.24) is 4.90 Å². The first-order valence-electron chi connectivity index (χ1n) is 17.4. The number of fused-ring (bicyclic) bond motifs is 13. The standard InChI is InChI=1S/C46H37NS/c1-47(29-31-27-39-37-18-8-12-22-44(37)48-45(39)28-38(31)30-13-3-2-4-14-30)32-23-25-36-35-17-7-11-21-42(35)46(43(36)26-24-32)40-19-9-5-15-33(40)34-16-6-10-20-41(34)46/h2-22,25-28,31-32,38H,23-24,29H2,1H3. The predicted octanol–water partition coefficient (Wildman–Crippen LogP) is 9.31. The van der Waals surface area contributed by atoms with E-state index < -0.39 is 0 Å². The smallest absolute Gasteiger partial charge is 0.0722 e. The number of allylic oxidation sites excluding steroid dienone is 2. The Morgan fingerprint density at radius 2 is 1.25 bits per heavy atom. The molecule has 1 nitrogen and oxygen atoms in total. The number of rotatable bonds is 4. The number of nitrogens with zero attached hydrogens (tertiary/aromatic N) is 1. The molecule has 232 valence electrons. The quantitative estimate of drug-likeness (QED) is 0.187. The largest absolute Gasteiger partial charge is 0.302 e. The highest BCUT2D eigenvalue weighted by atomic mass is 32.1. The van der Waals surface area contributed by atoms with E-state index in [1.54, 1.807) is 0 Å². The number of benzene rings is 5. The molecule has 6 aromatic rings. The fourth-order valence-electron chi connectivity index (χ4n) is 9.45. The van der Waals surface area contributed by atoms with Crippen LogP contribution in [0.5, 0.6) is 0 Å². The summed E-state index contributed by atoms with van der Waals surface area (Å²) < 4.78 is 2.80. The van der Waals surface area contributed by atoms with E-state index in [9.17, 15) is 0 Å². The minimum atomic E-state index is -0.260. The summed E-state index contributed by atoms with van der Waals surface area (Å²) in [5.41, 5.74) is 12.5. The van der Waals surface area contributed by atoms with Crippen molar-refractivity contribution in [1.29, 1.82) is 0 Å². The molecule has 0 saturated heterocycles. The molecule has 1 aromatic heterocycles. The average Bonchev–Trinajstić information content (AvgIpc) is 3.67. The lowest BCUT2D eigenvalue weighted by atomic mass is 9.70. The van der Waals surface area contributed by atoms with Crippen LogP contribution in [0.1, 0.15) is 46.6 Å². The van der Waals surface area contributed by atoms with Gasteiger partial charge in [-0.05, 0) is 86.7 Å². The molecule has 4 aliphatic carbocycles. The molecule has 10 rings (SSSR count). The van der Waals surface area contributed by atoms with Gasteiger partial charge in [-0.2, -0.15) is 0 Å². The lowest BCUT2D eigenvalue weighted by Gasteiger charge is -2.33. The van der Waals surface area contributed by atoms with Crippen molar-refractivity contribution in [3.05, 3.63) is 183 Å². The fraction of sp³-hybridized carbons (Fsp3) is 0.174. The lowest BCUT2D eigenvalue weighted by Crippen LogP contribution is -2.39. The second-order valence-electron chi connectivity index (χ2n) is 14.0. The molecule has 0 saturated carbocycles. The maximum absolute atomic E-state index is 2.66. The average molecular weight is 636 g/mol. The van der Waals surface area contributed by atoms with Crippen LogP contribution < -0.4 is 9.75 Å². The summed E-state index contributed by atoms with van der Waals surface area (Å²) >= 11 is 1.94. The van der Waals surface area contributed by atoms with Gasteiger partial charge in [0.05, 0.1) is 5.41 Å². The van der Waals surface area contributed by atoms with Crippen molar-refractivity contribution in [3.8, 4) is 11.1 Å². The summed E-state index contributed by atoms with van der Waals surface area (Å²) in [4.78, 5) is 2.66. The first-order valence-corrected chi connectivity index (χ1v) is 18.2. The Morgan fingerprint density at radius 3 is 2.00 bits per heavy atom. The van der Waals surface area contributed by atoms with Crippen LogP contribution in [-0.2, 0) is 5.41 Å². The van der Waals surface area contributed by atoms with Crippen LogP contribution in [0.3, 0.4) is 0 Å². The Morgan fingerprint density at radius 1 is 0.646 bits per heavy atom. The highest BCUT2D eigenvalue weighted by molar-refractivity contribution is 7.17. The zero-order valence-electron chi connectivity index (χ0n) is 27.1. The molecular formula is C46H37NS. The van der Waals surface area contributed by atoms with Crippen molar-refractivity contribution >= 4 is 39.1 Å². The van der Waals surface area contributed by atoms with Gasteiger partial charge in [0.2, 0.25) is 0 Å². The van der Waals surface area contributed by atoms with E-state index in [1.807, 2.05) is 11.3 Å². The summed E-state index contributed by atoms with van der Waals surface area (Å²) in [7, 11) is 2.36. The van der Waals surface area contributed by atoms with Gasteiger partial charge in [0.15, 0.2) is 0 Å². The van der Waals surface area contributed by atoms with Gasteiger partial charge in [-0.15, -0.1) is 11.3 Å². The normalized spacial score (nSPS) is 21.2. The van der Waals surface area contributed by atoms with Gasteiger partial charge >= 0.3 is 0 Å². The van der Waals surface area contributed by atoms with Crippen molar-refractivity contribution < 1.29 is 0 Å². The van der Waals surface area contributed by atoms with E-state index in [1.165, 1.54) is 69.9 Å². The highest BCUT2D eigenvalue weighted by Crippen LogP contribution is 2.64. The van der Waals surface area contributed by atoms with E-state index in [2.05, 4.69) is 164 Å². The molecule has 1 spiro atoms. The third kappa shape index (κ3) is 4.00. The van der Waals surface area contributed by atoms with Gasteiger partial charge in [-0.3, -0.25) is 0 Å². The molecule has 1 heterocycles. The minimum Gasteiger partial charge on any atom is -0.302 e. The molecular weight excluding hydrogens is 599 g/mol. The molecule has 4 aliphatic rings. The third-order valence-electron chi connectivity index (χ3n) is 11.6. The van der Waals surface area contributed by atoms with Crippen molar-refractivity contribution in [2.24, 2.45) is 5.92 Å². The molecule has 3 unspecified atom stereocenters. The van der Waals surface area contributed by atoms with Crippen molar-refractivity contribution in [2.75, 3.05) is 13.6 Å². The van der Waals surface area contributed by atoms with Crippen LogP contribution in [0.15, 0.2) is 145 Å². The Labute approximate surface area is 286 Å². The summed E-state index contributed by atoms with van der Waals surface area (Å²) in [6.45, 7) is 1.02. The summed E-state index contributed by atoms with van der Waals surface area (Å²) in [6, 6.07) is 48.0. The molecule has 0 bridgehead atoms. The maximum atomic E-state index is 2.66. The molecule has 0 aliphatic heterocycles. The number of hydrogen-bond acceptors (Lipinski definition) is 2. The second-order valence-corrected chi connectivity index (χ2v) is 15.1. The Kier molecular flexibility index (Phi) is 6.41. The van der Waals surface area contributed by atoms with Gasteiger partial charge in [-0.1, -0.05) is 146 Å². The van der Waals surface area contributed by atoms with Gasteiger partial charge in [0.25, 0.3) is 0 Å². The Balaban J connectivity index is 1.05. The number of hydrogen-bond donors (Lipinski definition) is 0. The van der Waals surface area contributed by atoms with Crippen LogP contribution >= 0.6 is 11.3 Å². The van der Waals surface area contributed by atoms with E-state index in [0.29, 0.717) is 17.9 Å². The van der Waals surface area contributed by atoms with E-state index in [4.69, 9.17) is 0 Å². The molecule has 0 radical (unpaired) electrons. The van der Waals surface area contributed by atoms with Crippen LogP contribution in [0.2, 0.25) is 0 Å². The van der Waals surface area contributed by atoms with Crippen LogP contribution in [0.4, 0.5) is 0 Å². The highest BCUT2D eigenvalue weighted by Gasteiger charge is 2.53. The molecule has 3 atom stereocenters. The van der Waals surface area contributed by atoms with Gasteiger partial charge < -0.3 is 4.90 Å². The van der Waals surface area contributed by atoms with E-state index >= 15 is 0 Å². The monoisotopic (exact) mass is 635 g/mol. The lowest BCUT2D eigenvalue weighted by molar-refractivity contribution is 0.222. The SMILES string of the molecule is CN(CC1C=c2c(sc3ccccc23)=CC1c1ccccc1)C1CC=C2C(=CC1)C1(c3ccccc32)c2ccccc2-c2ccccc21. The molecule has 2 heteroatoms. The summed E-state index contributed by atoms with van der Waals surface area (Å²) in [6.07, 6.45) is 12.4. The van der Waals surface area contributed by atoms with Crippen LogP contribution in [0.25, 0.3) is 38.9 Å². The second kappa shape index (κ2) is 10.9. The topological polar surface area (TPSA) is 3.24 Å². The summed E-state index contributed by atoms with van der Waals surface area (Å²) in [5.74, 6) is 0.754. The molecule has 5 aromatic carbocycles. The van der Waals surface area contributed by atoms with Crippen LogP contribution in [-0.4, -0.2) is 24.5 Å². The van der Waals surface area contributed by atoms with Gasteiger partial charge in [-0.25, -0.2) is 0 Å². The summed E-state index contributed by atoms with van der Waals surface area (Å²) in [5, 5.41) is 2.82. The third-order valence-corrected chi connectivity index (χ3v) is 12.7. The fourth-order valence-corrected chi connectivity index (χ4v) is 10.6. The first-order chi connectivity index (χ1) is 23.7. The van der Waals surface area contributed by atoms with Crippen LogP contribution in [0, 0.1) is 5.92 Å². The maximum Gasteiger partial charge on any atom is 0.0722 e. The zero-order chi connectivity index (χ0) is 31.8. The van der Waals surface area contributed by atoms with Crippen molar-refractivity contribution in [3.63, 3.8) is 0 Å². The molecule has 0 N–H and O–H groups in total. The van der Waals surface area contributed by atoms with E-state index in [0.717, 1.165) is 19.4 Å². The molecule has 0 fully saturated rings. The molecule has 0 amide bonds. The van der Waals surface area contributed by atoms with Gasteiger partial charge in [0, 0.05) is 33.7 Å².